The molecule has 0 aliphatic heterocycles. The third-order valence-electron chi connectivity index (χ3n) is 3.08. The number of amides is 1. The molecule has 114 valence electrons. The molecule has 0 fully saturated rings. The van der Waals surface area contributed by atoms with Gasteiger partial charge in [-0.15, -0.1) is 11.3 Å². The predicted molar refractivity (Wildman–Crippen MR) is 99.4 cm³/mol. The maximum Gasteiger partial charge on any atom is 0.250 e. The van der Waals surface area contributed by atoms with Gasteiger partial charge in [-0.1, -0.05) is 58.4 Å². The van der Waals surface area contributed by atoms with Gasteiger partial charge < -0.3 is 0 Å². The molecule has 0 aliphatic carbocycles. The molecule has 1 heterocycles. The molecule has 0 aliphatic rings. The summed E-state index contributed by atoms with van der Waals surface area (Å²) in [6, 6.07) is 17.6. The quantitative estimate of drug-likeness (QED) is 0.626. The Morgan fingerprint density at radius 1 is 1.13 bits per heavy atom. The van der Waals surface area contributed by atoms with E-state index in [1.807, 2.05) is 60.0 Å². The van der Waals surface area contributed by atoms with Gasteiger partial charge in [-0.2, -0.15) is 0 Å². The zero-order chi connectivity index (χ0) is 16.1. The van der Waals surface area contributed by atoms with Gasteiger partial charge in [0.2, 0.25) is 5.91 Å². The summed E-state index contributed by atoms with van der Waals surface area (Å²) in [5.41, 5.74) is 2.84. The Balaban J connectivity index is 1.67. The molecular weight excluding hydrogens is 372 g/mol. The monoisotopic (exact) mass is 384 g/mol. The van der Waals surface area contributed by atoms with Crippen LogP contribution in [-0.4, -0.2) is 10.9 Å². The van der Waals surface area contributed by atoms with Crippen molar-refractivity contribution in [3.8, 4) is 11.3 Å². The fraction of sp³-hybridized carbons (Fsp3) is 0. The molecule has 0 bridgehead atoms. The highest BCUT2D eigenvalue weighted by Gasteiger charge is 2.06. The van der Waals surface area contributed by atoms with Crippen molar-refractivity contribution < 1.29 is 4.79 Å². The van der Waals surface area contributed by atoms with Crippen LogP contribution in [0.1, 0.15) is 5.56 Å². The van der Waals surface area contributed by atoms with E-state index in [9.17, 15) is 4.79 Å². The van der Waals surface area contributed by atoms with Gasteiger partial charge in [0.05, 0.1) is 5.69 Å². The number of thiazole rings is 1. The van der Waals surface area contributed by atoms with Crippen LogP contribution < -0.4 is 5.32 Å². The van der Waals surface area contributed by atoms with Gasteiger partial charge in [-0.25, -0.2) is 4.98 Å². The summed E-state index contributed by atoms with van der Waals surface area (Å²) in [5.74, 6) is -0.191. The second-order valence-corrected chi connectivity index (χ2v) is 6.56. The van der Waals surface area contributed by atoms with Crippen molar-refractivity contribution in [2.24, 2.45) is 0 Å². The van der Waals surface area contributed by atoms with Crippen LogP contribution in [0.25, 0.3) is 17.3 Å². The van der Waals surface area contributed by atoms with Crippen molar-refractivity contribution in [1.82, 2.24) is 4.98 Å². The Bertz CT molecular complexity index is 843. The molecule has 1 N–H and O–H groups in total. The molecule has 0 saturated carbocycles. The molecule has 3 aromatic rings. The first-order valence-electron chi connectivity index (χ1n) is 6.96. The molecule has 3 nitrogen and oxygen atoms in total. The number of nitrogens with zero attached hydrogens (tertiary/aromatic N) is 1. The van der Waals surface area contributed by atoms with Gasteiger partial charge in [0.15, 0.2) is 5.13 Å². The molecular formula is C18H13BrN2OS. The lowest BCUT2D eigenvalue weighted by molar-refractivity contribution is -0.111. The highest BCUT2D eigenvalue weighted by atomic mass is 79.9. The Hall–Kier alpha value is -2.24. The van der Waals surface area contributed by atoms with Crippen LogP contribution in [0.2, 0.25) is 0 Å². The summed E-state index contributed by atoms with van der Waals surface area (Å²) in [7, 11) is 0. The number of carbonyl (C=O) groups is 1. The van der Waals surface area contributed by atoms with Gasteiger partial charge in [0, 0.05) is 21.5 Å². The van der Waals surface area contributed by atoms with Crippen LogP contribution in [0.15, 0.2) is 70.5 Å². The summed E-state index contributed by atoms with van der Waals surface area (Å²) < 4.78 is 0.999. The van der Waals surface area contributed by atoms with Crippen molar-refractivity contribution >= 4 is 44.4 Å². The highest BCUT2D eigenvalue weighted by Crippen LogP contribution is 2.26. The molecule has 5 heteroatoms. The van der Waals surface area contributed by atoms with Crippen LogP contribution in [0.4, 0.5) is 5.13 Å². The Morgan fingerprint density at radius 2 is 1.96 bits per heavy atom. The van der Waals surface area contributed by atoms with Crippen LogP contribution >= 0.6 is 27.3 Å². The van der Waals surface area contributed by atoms with Gasteiger partial charge in [-0.05, 0) is 23.8 Å². The van der Waals surface area contributed by atoms with Crippen molar-refractivity contribution in [3.63, 3.8) is 0 Å². The summed E-state index contributed by atoms with van der Waals surface area (Å²) in [5, 5.41) is 5.30. The second kappa shape index (κ2) is 7.35. The fourth-order valence-electron chi connectivity index (χ4n) is 1.99. The van der Waals surface area contributed by atoms with E-state index in [-0.39, 0.29) is 5.91 Å². The van der Waals surface area contributed by atoms with Crippen molar-refractivity contribution in [2.45, 2.75) is 0 Å². The highest BCUT2D eigenvalue weighted by molar-refractivity contribution is 9.10. The standard InChI is InChI=1S/C18H13BrN2OS/c19-15-8-4-7-14(11-15)16-12-23-18(20-16)21-17(22)10-9-13-5-2-1-3-6-13/h1-12H,(H,20,21,22). The number of hydrogen-bond donors (Lipinski definition) is 1. The van der Waals surface area contributed by atoms with Gasteiger partial charge in [0.25, 0.3) is 0 Å². The first-order chi connectivity index (χ1) is 11.2. The van der Waals surface area contributed by atoms with Gasteiger partial charge in [-0.3, -0.25) is 10.1 Å². The fourth-order valence-corrected chi connectivity index (χ4v) is 3.12. The van der Waals surface area contributed by atoms with Crippen LogP contribution in [0.3, 0.4) is 0 Å². The number of rotatable bonds is 4. The molecule has 1 aromatic heterocycles. The van der Waals surface area contributed by atoms with Gasteiger partial charge >= 0.3 is 0 Å². The van der Waals surface area contributed by atoms with Crippen molar-refractivity contribution in [2.75, 3.05) is 5.32 Å². The van der Waals surface area contributed by atoms with E-state index in [2.05, 4.69) is 26.2 Å². The normalized spacial score (nSPS) is 10.8. The van der Waals surface area contributed by atoms with Crippen LogP contribution in [0.5, 0.6) is 0 Å². The minimum atomic E-state index is -0.191. The molecule has 23 heavy (non-hydrogen) atoms. The van der Waals surface area contributed by atoms with Crippen LogP contribution in [0, 0.1) is 0 Å². The Morgan fingerprint density at radius 3 is 2.74 bits per heavy atom. The number of nitrogens with one attached hydrogen (secondary N) is 1. The summed E-state index contributed by atoms with van der Waals surface area (Å²) in [6.45, 7) is 0. The first kappa shape index (κ1) is 15.6. The summed E-state index contributed by atoms with van der Waals surface area (Å²) in [6.07, 6.45) is 3.29. The largest absolute Gasteiger partial charge is 0.298 e. The van der Waals surface area contributed by atoms with E-state index >= 15 is 0 Å². The van der Waals surface area contributed by atoms with Crippen molar-refractivity contribution in [3.05, 3.63) is 76.1 Å². The van der Waals surface area contributed by atoms with E-state index in [1.165, 1.54) is 17.4 Å². The first-order valence-corrected chi connectivity index (χ1v) is 8.63. The number of aromatic nitrogens is 1. The molecule has 0 saturated heterocycles. The third-order valence-corrected chi connectivity index (χ3v) is 4.33. The molecule has 0 spiro atoms. The molecule has 0 unspecified atom stereocenters. The number of benzene rings is 2. The van der Waals surface area contributed by atoms with E-state index < -0.39 is 0 Å². The SMILES string of the molecule is O=C(C=Cc1ccccc1)Nc1nc(-c2cccc(Br)c2)cs1. The molecule has 3 rings (SSSR count). The van der Waals surface area contributed by atoms with Gasteiger partial charge in [0.1, 0.15) is 0 Å². The number of halogens is 1. The molecule has 0 radical (unpaired) electrons. The Labute approximate surface area is 146 Å². The van der Waals surface area contributed by atoms with E-state index in [0.29, 0.717) is 5.13 Å². The number of carbonyl (C=O) groups excluding carboxylic acids is 1. The molecule has 1 amide bonds. The maximum absolute atomic E-state index is 11.9. The zero-order valence-electron chi connectivity index (χ0n) is 12.1. The lowest BCUT2D eigenvalue weighted by Crippen LogP contribution is -2.07. The predicted octanol–water partition coefficient (Wildman–Crippen LogP) is 5.22. The molecule has 0 atom stereocenters. The number of hydrogen-bond acceptors (Lipinski definition) is 3. The maximum atomic E-state index is 11.9. The lowest BCUT2D eigenvalue weighted by atomic mass is 10.2. The number of anilines is 1. The second-order valence-electron chi connectivity index (χ2n) is 4.78. The third kappa shape index (κ3) is 4.37. The minimum absolute atomic E-state index is 0.191. The average molecular weight is 385 g/mol. The van der Waals surface area contributed by atoms with Crippen molar-refractivity contribution in [1.29, 1.82) is 0 Å². The van der Waals surface area contributed by atoms with E-state index in [0.717, 1.165) is 21.3 Å². The lowest BCUT2D eigenvalue weighted by Gasteiger charge is -1.98. The zero-order valence-corrected chi connectivity index (χ0v) is 14.5. The smallest absolute Gasteiger partial charge is 0.250 e. The summed E-state index contributed by atoms with van der Waals surface area (Å²) in [4.78, 5) is 16.4. The van der Waals surface area contributed by atoms with E-state index in [4.69, 9.17) is 0 Å². The Kier molecular flexibility index (Phi) is 5.00. The average Bonchev–Trinajstić information content (AvgIpc) is 3.02. The summed E-state index contributed by atoms with van der Waals surface area (Å²) >= 11 is 4.85. The topological polar surface area (TPSA) is 42.0 Å². The van der Waals surface area contributed by atoms with E-state index in [1.54, 1.807) is 6.08 Å². The minimum Gasteiger partial charge on any atom is -0.298 e. The molecule has 2 aromatic carbocycles. The van der Waals surface area contributed by atoms with Crippen LogP contribution in [-0.2, 0) is 4.79 Å².